The third-order valence-corrected chi connectivity index (χ3v) is 1.87. The summed E-state index contributed by atoms with van der Waals surface area (Å²) in [5.74, 6) is -1.27. The van der Waals surface area contributed by atoms with Crippen LogP contribution >= 0.6 is 0 Å². The van der Waals surface area contributed by atoms with Crippen LogP contribution in [0.25, 0.3) is 0 Å². The fourth-order valence-corrected chi connectivity index (χ4v) is 1.20. The summed E-state index contributed by atoms with van der Waals surface area (Å²) in [4.78, 5) is 9.15. The molecule has 3 nitrogen and oxygen atoms in total. The van der Waals surface area contributed by atoms with Gasteiger partial charge in [-0.3, -0.25) is 10.1 Å². The molecule has 1 aromatic carbocycles. The first-order valence-corrected chi connectivity index (χ1v) is 3.76. The van der Waals surface area contributed by atoms with E-state index in [0.29, 0.717) is 12.1 Å². The molecule has 0 saturated carbocycles. The molecule has 0 N–H and O–H groups in total. The largest absolute Gasteiger partial charge is 0.416 e. The van der Waals surface area contributed by atoms with Gasteiger partial charge in [0.25, 0.3) is 0 Å². The van der Waals surface area contributed by atoms with E-state index in [1.54, 1.807) is 0 Å². The number of hydrogen-bond acceptors (Lipinski definition) is 2. The van der Waals surface area contributed by atoms with Crippen LogP contribution in [0.4, 0.5) is 23.2 Å². The summed E-state index contributed by atoms with van der Waals surface area (Å²) in [5, 5.41) is 10.3. The number of nitrogens with zero attached hydrogens (tertiary/aromatic N) is 1. The van der Waals surface area contributed by atoms with Crippen LogP contribution in [-0.4, -0.2) is 4.92 Å². The van der Waals surface area contributed by atoms with Crippen LogP contribution in [0.3, 0.4) is 0 Å². The van der Waals surface area contributed by atoms with Crippen LogP contribution in [-0.2, 0) is 6.18 Å². The second-order valence-electron chi connectivity index (χ2n) is 2.82. The third-order valence-electron chi connectivity index (χ3n) is 1.87. The van der Waals surface area contributed by atoms with E-state index >= 15 is 0 Å². The molecule has 1 aromatic rings. The lowest BCUT2D eigenvalue weighted by atomic mass is 10.1. The second kappa shape index (κ2) is 3.48. The maximum absolute atomic E-state index is 12.9. The van der Waals surface area contributed by atoms with Crippen LogP contribution in [0.1, 0.15) is 11.1 Å². The average Bonchev–Trinajstić information content (AvgIpc) is 2.00. The van der Waals surface area contributed by atoms with Gasteiger partial charge in [-0.05, 0) is 19.1 Å². The Hall–Kier alpha value is -1.66. The lowest BCUT2D eigenvalue weighted by molar-refractivity contribution is -0.388. The first-order valence-electron chi connectivity index (χ1n) is 3.76. The van der Waals surface area contributed by atoms with E-state index in [1.165, 1.54) is 0 Å². The van der Waals surface area contributed by atoms with E-state index in [1.807, 2.05) is 0 Å². The quantitative estimate of drug-likeness (QED) is 0.417. The van der Waals surface area contributed by atoms with Crippen LogP contribution in [0.2, 0.25) is 0 Å². The minimum atomic E-state index is -4.72. The molecule has 0 atom stereocenters. The molecule has 0 heterocycles. The number of nitro benzene ring substituents is 1. The lowest BCUT2D eigenvalue weighted by Gasteiger charge is -2.09. The van der Waals surface area contributed by atoms with Crippen molar-refractivity contribution in [2.24, 2.45) is 0 Å². The van der Waals surface area contributed by atoms with Crippen molar-refractivity contribution < 1.29 is 22.5 Å². The Bertz CT molecular complexity index is 414. The molecule has 0 aliphatic rings. The van der Waals surface area contributed by atoms with Gasteiger partial charge in [0.15, 0.2) is 0 Å². The summed E-state index contributed by atoms with van der Waals surface area (Å²) in [6, 6.07) is 0.922. The highest BCUT2D eigenvalue weighted by Crippen LogP contribution is 2.36. The Morgan fingerprint density at radius 2 is 1.87 bits per heavy atom. The molecule has 0 aliphatic heterocycles. The van der Waals surface area contributed by atoms with Gasteiger partial charge in [-0.25, -0.2) is 0 Å². The molecular weight excluding hydrogens is 218 g/mol. The van der Waals surface area contributed by atoms with E-state index in [9.17, 15) is 27.7 Å². The summed E-state index contributed by atoms with van der Waals surface area (Å²) in [6.45, 7) is 0.865. The first-order chi connectivity index (χ1) is 6.75. The van der Waals surface area contributed by atoms with Crippen LogP contribution < -0.4 is 0 Å². The SMILES string of the molecule is Cc1c(C(F)(F)F)ccc(F)c1[N+](=O)[O-]. The van der Waals surface area contributed by atoms with Crippen molar-refractivity contribution in [1.29, 1.82) is 0 Å². The Morgan fingerprint density at radius 3 is 2.27 bits per heavy atom. The number of halogens is 4. The fraction of sp³-hybridized carbons (Fsp3) is 0.250. The summed E-state index contributed by atoms with van der Waals surface area (Å²) >= 11 is 0. The minimum absolute atomic E-state index is 0.438. The molecule has 0 fully saturated rings. The lowest BCUT2D eigenvalue weighted by Crippen LogP contribution is -2.10. The molecule has 7 heteroatoms. The molecule has 82 valence electrons. The zero-order chi connectivity index (χ0) is 11.8. The Kier molecular flexibility index (Phi) is 2.65. The topological polar surface area (TPSA) is 43.1 Å². The van der Waals surface area contributed by atoms with Gasteiger partial charge in [-0.1, -0.05) is 0 Å². The van der Waals surface area contributed by atoms with Crippen molar-refractivity contribution in [3.05, 3.63) is 39.2 Å². The van der Waals surface area contributed by atoms with Gasteiger partial charge in [0.05, 0.1) is 10.5 Å². The average molecular weight is 223 g/mol. The third kappa shape index (κ3) is 2.05. The molecule has 0 radical (unpaired) electrons. The number of benzene rings is 1. The number of rotatable bonds is 1. The standard InChI is InChI=1S/C8H5F4NO2/c1-4-5(8(10,11)12)2-3-6(9)7(4)13(14)15/h2-3H,1H3. The number of nitro groups is 1. The Labute approximate surface area is 81.5 Å². The van der Waals surface area contributed by atoms with Crippen molar-refractivity contribution in [3.8, 4) is 0 Å². The van der Waals surface area contributed by atoms with E-state index in [-0.39, 0.29) is 0 Å². The van der Waals surface area contributed by atoms with Crippen molar-refractivity contribution in [2.75, 3.05) is 0 Å². The van der Waals surface area contributed by atoms with E-state index in [2.05, 4.69) is 0 Å². The van der Waals surface area contributed by atoms with Crippen molar-refractivity contribution in [3.63, 3.8) is 0 Å². The second-order valence-corrected chi connectivity index (χ2v) is 2.82. The summed E-state index contributed by atoms with van der Waals surface area (Å²) in [5.41, 5.74) is -3.05. The fourth-order valence-electron chi connectivity index (χ4n) is 1.20. The minimum Gasteiger partial charge on any atom is -0.258 e. The predicted molar refractivity (Wildman–Crippen MR) is 42.8 cm³/mol. The Morgan fingerprint density at radius 1 is 1.33 bits per heavy atom. The molecule has 0 unspecified atom stereocenters. The van der Waals surface area contributed by atoms with Gasteiger partial charge in [0, 0.05) is 5.56 Å². The predicted octanol–water partition coefficient (Wildman–Crippen LogP) is 3.06. The zero-order valence-electron chi connectivity index (χ0n) is 7.43. The van der Waals surface area contributed by atoms with Gasteiger partial charge in [-0.15, -0.1) is 0 Å². The summed E-state index contributed by atoms with van der Waals surface area (Å²) in [6.07, 6.45) is -4.72. The first kappa shape index (κ1) is 11.4. The highest BCUT2D eigenvalue weighted by molar-refractivity contribution is 5.46. The van der Waals surface area contributed by atoms with Gasteiger partial charge in [-0.2, -0.15) is 17.6 Å². The highest BCUT2D eigenvalue weighted by atomic mass is 19.4. The maximum Gasteiger partial charge on any atom is 0.416 e. The normalized spacial score (nSPS) is 11.5. The smallest absolute Gasteiger partial charge is 0.258 e. The monoisotopic (exact) mass is 223 g/mol. The highest BCUT2D eigenvalue weighted by Gasteiger charge is 2.36. The maximum atomic E-state index is 12.9. The zero-order valence-corrected chi connectivity index (χ0v) is 7.43. The van der Waals surface area contributed by atoms with Crippen LogP contribution in [0.15, 0.2) is 12.1 Å². The van der Waals surface area contributed by atoms with Gasteiger partial charge in [0.2, 0.25) is 5.82 Å². The summed E-state index contributed by atoms with van der Waals surface area (Å²) in [7, 11) is 0. The van der Waals surface area contributed by atoms with E-state index in [0.717, 1.165) is 6.92 Å². The van der Waals surface area contributed by atoms with Crippen molar-refractivity contribution >= 4 is 5.69 Å². The molecule has 0 saturated heterocycles. The Balaban J connectivity index is 3.49. The van der Waals surface area contributed by atoms with Crippen molar-refractivity contribution in [1.82, 2.24) is 0 Å². The molecule has 0 aliphatic carbocycles. The molecule has 0 amide bonds. The van der Waals surface area contributed by atoms with Crippen LogP contribution in [0, 0.1) is 22.9 Å². The van der Waals surface area contributed by atoms with Crippen LogP contribution in [0.5, 0.6) is 0 Å². The molecule has 15 heavy (non-hydrogen) atoms. The number of hydrogen-bond donors (Lipinski definition) is 0. The molecule has 0 bridgehead atoms. The number of alkyl halides is 3. The molecule has 1 rings (SSSR count). The van der Waals surface area contributed by atoms with Gasteiger partial charge >= 0.3 is 11.9 Å². The van der Waals surface area contributed by atoms with Crippen molar-refractivity contribution in [2.45, 2.75) is 13.1 Å². The summed E-state index contributed by atoms with van der Waals surface area (Å²) < 4.78 is 49.7. The molecular formula is C8H5F4NO2. The van der Waals surface area contributed by atoms with E-state index in [4.69, 9.17) is 0 Å². The van der Waals surface area contributed by atoms with Gasteiger partial charge < -0.3 is 0 Å². The van der Waals surface area contributed by atoms with Gasteiger partial charge in [0.1, 0.15) is 0 Å². The van der Waals surface area contributed by atoms with E-state index < -0.39 is 33.7 Å². The molecule has 0 aromatic heterocycles. The molecule has 0 spiro atoms.